The Hall–Kier alpha value is -2.57. The Morgan fingerprint density at radius 2 is 1.93 bits per heavy atom. The van der Waals surface area contributed by atoms with E-state index in [0.29, 0.717) is 25.3 Å². The van der Waals surface area contributed by atoms with Gasteiger partial charge in [0.15, 0.2) is 0 Å². The Bertz CT molecular complexity index is 829. The van der Waals surface area contributed by atoms with Gasteiger partial charge in [0.25, 0.3) is 0 Å². The molecule has 0 unspecified atom stereocenters. The SMILES string of the molecule is CCOC(=O)n1cc(C2CCN(C(=O)OC(C)(C)C)CC2)c2cccnc21. The second kappa shape index (κ2) is 7.58. The van der Waals surface area contributed by atoms with E-state index < -0.39 is 11.7 Å². The second-order valence-corrected chi connectivity index (χ2v) is 7.77. The minimum absolute atomic E-state index is 0.256. The molecular formula is C20H27N3O4. The van der Waals surface area contributed by atoms with Crippen LogP contribution in [0, 0.1) is 0 Å². The number of nitrogens with zero attached hydrogens (tertiary/aromatic N) is 3. The van der Waals surface area contributed by atoms with Gasteiger partial charge in [-0.25, -0.2) is 19.1 Å². The normalized spacial score (nSPS) is 15.8. The van der Waals surface area contributed by atoms with E-state index in [9.17, 15) is 9.59 Å². The van der Waals surface area contributed by atoms with E-state index in [2.05, 4.69) is 4.98 Å². The standard InChI is InChI=1S/C20H27N3O4/c1-5-26-19(25)23-13-16(15-7-6-10-21-17(15)23)14-8-11-22(12-9-14)18(24)27-20(2,3)4/h6-7,10,13-14H,5,8-9,11-12H2,1-4H3. The summed E-state index contributed by atoms with van der Waals surface area (Å²) in [4.78, 5) is 30.6. The van der Waals surface area contributed by atoms with Crippen molar-refractivity contribution in [3.8, 4) is 0 Å². The van der Waals surface area contributed by atoms with Crippen LogP contribution in [0.5, 0.6) is 0 Å². The Balaban J connectivity index is 1.78. The van der Waals surface area contributed by atoms with Crippen LogP contribution in [0.25, 0.3) is 11.0 Å². The molecule has 0 aromatic carbocycles. The minimum Gasteiger partial charge on any atom is -0.449 e. The summed E-state index contributed by atoms with van der Waals surface area (Å²) in [6.07, 6.45) is 4.46. The van der Waals surface area contributed by atoms with Crippen molar-refractivity contribution in [2.75, 3.05) is 19.7 Å². The van der Waals surface area contributed by atoms with Crippen molar-refractivity contribution in [1.29, 1.82) is 0 Å². The maximum Gasteiger partial charge on any atom is 0.419 e. The van der Waals surface area contributed by atoms with Crippen molar-refractivity contribution in [1.82, 2.24) is 14.5 Å². The van der Waals surface area contributed by atoms with Gasteiger partial charge in [-0.3, -0.25) is 0 Å². The molecule has 3 heterocycles. The molecule has 3 rings (SSSR count). The summed E-state index contributed by atoms with van der Waals surface area (Å²) in [5, 5.41) is 0.960. The number of fused-ring (bicyclic) bond motifs is 1. The number of carbonyl (C=O) groups excluding carboxylic acids is 2. The molecule has 2 aromatic rings. The van der Waals surface area contributed by atoms with Crippen LogP contribution in [-0.4, -0.2) is 51.9 Å². The van der Waals surface area contributed by atoms with E-state index in [-0.39, 0.29) is 12.0 Å². The zero-order chi connectivity index (χ0) is 19.6. The van der Waals surface area contributed by atoms with E-state index in [0.717, 1.165) is 23.8 Å². The van der Waals surface area contributed by atoms with Crippen LogP contribution in [0.4, 0.5) is 9.59 Å². The van der Waals surface area contributed by atoms with Gasteiger partial charge in [-0.15, -0.1) is 0 Å². The third kappa shape index (κ3) is 4.23. The molecule has 1 fully saturated rings. The highest BCUT2D eigenvalue weighted by Gasteiger charge is 2.29. The average Bonchev–Trinajstić information content (AvgIpc) is 3.00. The molecule has 0 N–H and O–H groups in total. The van der Waals surface area contributed by atoms with Crippen LogP contribution in [0.2, 0.25) is 0 Å². The van der Waals surface area contributed by atoms with Gasteiger partial charge in [0.2, 0.25) is 0 Å². The number of amides is 1. The maximum atomic E-state index is 12.3. The number of hydrogen-bond donors (Lipinski definition) is 0. The molecule has 0 aliphatic carbocycles. The van der Waals surface area contributed by atoms with Gasteiger partial charge in [0, 0.05) is 30.9 Å². The van der Waals surface area contributed by atoms with Gasteiger partial charge in [0.1, 0.15) is 11.2 Å². The summed E-state index contributed by atoms with van der Waals surface area (Å²) in [5.41, 5.74) is 1.20. The molecule has 1 amide bonds. The molecule has 146 valence electrons. The molecule has 0 atom stereocenters. The number of rotatable bonds is 2. The molecule has 7 nitrogen and oxygen atoms in total. The lowest BCUT2D eigenvalue weighted by Crippen LogP contribution is -2.41. The molecule has 1 aliphatic rings. The molecule has 1 saturated heterocycles. The largest absolute Gasteiger partial charge is 0.449 e. The first-order valence-electron chi connectivity index (χ1n) is 9.41. The van der Waals surface area contributed by atoms with E-state index in [1.54, 1.807) is 18.0 Å². The minimum atomic E-state index is -0.493. The highest BCUT2D eigenvalue weighted by atomic mass is 16.6. The predicted molar refractivity (Wildman–Crippen MR) is 102 cm³/mol. The Labute approximate surface area is 159 Å². The lowest BCUT2D eigenvalue weighted by molar-refractivity contribution is 0.0205. The lowest BCUT2D eigenvalue weighted by atomic mass is 9.90. The molecule has 0 saturated carbocycles. The summed E-state index contributed by atoms with van der Waals surface area (Å²) in [5.74, 6) is 0.256. The summed E-state index contributed by atoms with van der Waals surface area (Å²) in [6, 6.07) is 3.85. The summed E-state index contributed by atoms with van der Waals surface area (Å²) >= 11 is 0. The zero-order valence-corrected chi connectivity index (χ0v) is 16.4. The Morgan fingerprint density at radius 1 is 1.22 bits per heavy atom. The number of aromatic nitrogens is 2. The predicted octanol–water partition coefficient (Wildman–Crippen LogP) is 4.16. The fourth-order valence-electron chi connectivity index (χ4n) is 3.44. The summed E-state index contributed by atoms with van der Waals surface area (Å²) < 4.78 is 12.1. The Morgan fingerprint density at radius 3 is 2.56 bits per heavy atom. The van der Waals surface area contributed by atoms with Gasteiger partial charge in [-0.1, -0.05) is 0 Å². The average molecular weight is 373 g/mol. The van der Waals surface area contributed by atoms with Crippen LogP contribution in [0.3, 0.4) is 0 Å². The molecule has 0 radical (unpaired) electrons. The molecule has 1 aliphatic heterocycles. The van der Waals surface area contributed by atoms with E-state index in [1.165, 1.54) is 4.57 Å². The molecule has 27 heavy (non-hydrogen) atoms. The number of piperidine rings is 1. The third-order valence-electron chi connectivity index (χ3n) is 4.65. The Kier molecular flexibility index (Phi) is 5.39. The van der Waals surface area contributed by atoms with Crippen LogP contribution >= 0.6 is 0 Å². The monoisotopic (exact) mass is 373 g/mol. The van der Waals surface area contributed by atoms with Gasteiger partial charge in [-0.05, 0) is 64.2 Å². The highest BCUT2D eigenvalue weighted by Crippen LogP contribution is 2.34. The van der Waals surface area contributed by atoms with Crippen LogP contribution in [0.1, 0.15) is 52.0 Å². The van der Waals surface area contributed by atoms with Crippen LogP contribution in [-0.2, 0) is 9.47 Å². The quantitative estimate of drug-likeness (QED) is 0.790. The summed E-state index contributed by atoms with van der Waals surface area (Å²) in [6.45, 7) is 8.97. The van der Waals surface area contributed by atoms with Gasteiger partial charge in [-0.2, -0.15) is 0 Å². The van der Waals surface area contributed by atoms with E-state index in [4.69, 9.17) is 9.47 Å². The maximum absolute atomic E-state index is 12.3. The first-order valence-corrected chi connectivity index (χ1v) is 9.41. The zero-order valence-electron chi connectivity index (χ0n) is 16.4. The van der Waals surface area contributed by atoms with Crippen LogP contribution in [0.15, 0.2) is 24.5 Å². The van der Waals surface area contributed by atoms with Crippen molar-refractivity contribution >= 4 is 23.2 Å². The highest BCUT2D eigenvalue weighted by molar-refractivity contribution is 5.89. The molecular weight excluding hydrogens is 346 g/mol. The van der Waals surface area contributed by atoms with E-state index >= 15 is 0 Å². The van der Waals surface area contributed by atoms with Gasteiger partial charge >= 0.3 is 12.2 Å². The van der Waals surface area contributed by atoms with Crippen LogP contribution < -0.4 is 0 Å². The molecule has 0 bridgehead atoms. The topological polar surface area (TPSA) is 73.7 Å². The molecule has 0 spiro atoms. The third-order valence-corrected chi connectivity index (χ3v) is 4.65. The fourth-order valence-corrected chi connectivity index (χ4v) is 3.44. The van der Waals surface area contributed by atoms with E-state index in [1.807, 2.05) is 39.1 Å². The number of ether oxygens (including phenoxy) is 2. The van der Waals surface area contributed by atoms with Crippen molar-refractivity contribution in [3.63, 3.8) is 0 Å². The molecule has 7 heteroatoms. The number of carbonyl (C=O) groups is 2. The number of pyridine rings is 1. The van der Waals surface area contributed by atoms with Crippen molar-refractivity contribution in [3.05, 3.63) is 30.1 Å². The lowest BCUT2D eigenvalue weighted by Gasteiger charge is -2.33. The first-order chi connectivity index (χ1) is 12.8. The number of likely N-dealkylation sites (tertiary alicyclic amines) is 1. The fraction of sp³-hybridized carbons (Fsp3) is 0.550. The van der Waals surface area contributed by atoms with Crippen molar-refractivity contribution in [2.24, 2.45) is 0 Å². The smallest absolute Gasteiger partial charge is 0.419 e. The van der Waals surface area contributed by atoms with Gasteiger partial charge in [0.05, 0.1) is 6.61 Å². The van der Waals surface area contributed by atoms with Crippen molar-refractivity contribution in [2.45, 2.75) is 52.1 Å². The molecule has 2 aromatic heterocycles. The second-order valence-electron chi connectivity index (χ2n) is 7.77. The van der Waals surface area contributed by atoms with Gasteiger partial charge < -0.3 is 14.4 Å². The first kappa shape index (κ1) is 19.2. The van der Waals surface area contributed by atoms with Crippen molar-refractivity contribution < 1.29 is 19.1 Å². The number of hydrogen-bond acceptors (Lipinski definition) is 5. The summed E-state index contributed by atoms with van der Waals surface area (Å²) in [7, 11) is 0.